The van der Waals surface area contributed by atoms with Crippen LogP contribution in [0.2, 0.25) is 0 Å². The molecule has 5 heteroatoms. The first-order valence-electron chi connectivity index (χ1n) is 7.38. The SMILES string of the molecule is CCN(Cc1ccc([N+](=O)[O-])c(N)c1)C1CCCCC1. The van der Waals surface area contributed by atoms with E-state index in [1.807, 2.05) is 6.07 Å². The Balaban J connectivity index is 2.07. The van der Waals surface area contributed by atoms with Gasteiger partial charge in [-0.15, -0.1) is 0 Å². The molecule has 0 spiro atoms. The Labute approximate surface area is 119 Å². The van der Waals surface area contributed by atoms with Crippen LogP contribution in [0, 0.1) is 10.1 Å². The lowest BCUT2D eigenvalue weighted by Gasteiger charge is -2.33. The van der Waals surface area contributed by atoms with Crippen molar-refractivity contribution < 1.29 is 4.92 Å². The largest absolute Gasteiger partial charge is 0.393 e. The predicted octanol–water partition coefficient (Wildman–Crippen LogP) is 3.33. The van der Waals surface area contributed by atoms with E-state index in [1.165, 1.54) is 38.2 Å². The maximum Gasteiger partial charge on any atom is 0.292 e. The molecule has 1 fully saturated rings. The van der Waals surface area contributed by atoms with Crippen molar-refractivity contribution in [2.75, 3.05) is 12.3 Å². The van der Waals surface area contributed by atoms with Crippen LogP contribution in [0.4, 0.5) is 11.4 Å². The summed E-state index contributed by atoms with van der Waals surface area (Å²) < 4.78 is 0. The number of nitrogen functional groups attached to an aromatic ring is 1. The normalized spacial score (nSPS) is 16.5. The molecule has 0 radical (unpaired) electrons. The fraction of sp³-hybridized carbons (Fsp3) is 0.600. The summed E-state index contributed by atoms with van der Waals surface area (Å²) in [7, 11) is 0. The quantitative estimate of drug-likeness (QED) is 0.509. The topological polar surface area (TPSA) is 72.4 Å². The smallest absolute Gasteiger partial charge is 0.292 e. The Morgan fingerprint density at radius 3 is 2.60 bits per heavy atom. The summed E-state index contributed by atoms with van der Waals surface area (Å²) in [5, 5.41) is 10.8. The van der Waals surface area contributed by atoms with Crippen molar-refractivity contribution in [1.29, 1.82) is 0 Å². The molecule has 0 unspecified atom stereocenters. The van der Waals surface area contributed by atoms with Crippen LogP contribution in [0.25, 0.3) is 0 Å². The van der Waals surface area contributed by atoms with Gasteiger partial charge >= 0.3 is 0 Å². The molecule has 1 aliphatic rings. The van der Waals surface area contributed by atoms with Gasteiger partial charge in [0, 0.05) is 18.7 Å². The van der Waals surface area contributed by atoms with E-state index < -0.39 is 4.92 Å². The monoisotopic (exact) mass is 277 g/mol. The molecule has 0 amide bonds. The zero-order valence-electron chi connectivity index (χ0n) is 12.0. The van der Waals surface area contributed by atoms with Crippen LogP contribution in [-0.4, -0.2) is 22.4 Å². The minimum Gasteiger partial charge on any atom is -0.393 e. The molecule has 0 heterocycles. The second-order valence-electron chi connectivity index (χ2n) is 5.51. The van der Waals surface area contributed by atoms with E-state index in [9.17, 15) is 10.1 Å². The minimum atomic E-state index is -0.433. The highest BCUT2D eigenvalue weighted by atomic mass is 16.6. The van der Waals surface area contributed by atoms with Crippen LogP contribution >= 0.6 is 0 Å². The van der Waals surface area contributed by atoms with Crippen molar-refractivity contribution in [2.24, 2.45) is 0 Å². The highest BCUT2D eigenvalue weighted by molar-refractivity contribution is 5.59. The number of rotatable bonds is 5. The Kier molecular flexibility index (Phi) is 4.95. The molecule has 0 atom stereocenters. The summed E-state index contributed by atoms with van der Waals surface area (Å²) in [5.41, 5.74) is 7.07. The fourth-order valence-electron chi connectivity index (χ4n) is 3.05. The van der Waals surface area contributed by atoms with E-state index in [1.54, 1.807) is 6.07 Å². The molecule has 110 valence electrons. The number of hydrogen-bond acceptors (Lipinski definition) is 4. The van der Waals surface area contributed by atoms with Crippen molar-refractivity contribution in [3.8, 4) is 0 Å². The summed E-state index contributed by atoms with van der Waals surface area (Å²) in [6, 6.07) is 5.72. The molecule has 2 rings (SSSR count). The van der Waals surface area contributed by atoms with Gasteiger partial charge in [0.2, 0.25) is 0 Å². The molecule has 1 aromatic carbocycles. The minimum absolute atomic E-state index is 0.00513. The van der Waals surface area contributed by atoms with Crippen LogP contribution in [0.15, 0.2) is 18.2 Å². The van der Waals surface area contributed by atoms with Crippen molar-refractivity contribution in [3.05, 3.63) is 33.9 Å². The molecule has 0 bridgehead atoms. The molecule has 1 aliphatic carbocycles. The van der Waals surface area contributed by atoms with E-state index in [4.69, 9.17) is 5.73 Å². The second kappa shape index (κ2) is 6.70. The summed E-state index contributed by atoms with van der Waals surface area (Å²) in [5.74, 6) is 0. The average Bonchev–Trinajstić information content (AvgIpc) is 2.45. The molecule has 0 saturated heterocycles. The third-order valence-electron chi connectivity index (χ3n) is 4.17. The molecule has 1 saturated carbocycles. The van der Waals surface area contributed by atoms with Gasteiger partial charge in [0.1, 0.15) is 5.69 Å². The van der Waals surface area contributed by atoms with Crippen LogP contribution in [0.3, 0.4) is 0 Å². The zero-order chi connectivity index (χ0) is 14.5. The van der Waals surface area contributed by atoms with Gasteiger partial charge in [-0.25, -0.2) is 0 Å². The van der Waals surface area contributed by atoms with Crippen molar-refractivity contribution >= 4 is 11.4 Å². The highest BCUT2D eigenvalue weighted by Crippen LogP contribution is 2.26. The van der Waals surface area contributed by atoms with Crippen LogP contribution in [-0.2, 0) is 6.54 Å². The number of anilines is 1. The van der Waals surface area contributed by atoms with Gasteiger partial charge in [-0.05, 0) is 31.0 Å². The van der Waals surface area contributed by atoms with E-state index in [-0.39, 0.29) is 11.4 Å². The number of nitrogens with two attached hydrogens (primary N) is 1. The van der Waals surface area contributed by atoms with Crippen molar-refractivity contribution in [3.63, 3.8) is 0 Å². The fourth-order valence-corrected chi connectivity index (χ4v) is 3.05. The van der Waals surface area contributed by atoms with Gasteiger partial charge in [0.05, 0.1) is 4.92 Å². The Bertz CT molecular complexity index is 470. The van der Waals surface area contributed by atoms with Crippen molar-refractivity contribution in [2.45, 2.75) is 51.6 Å². The molecule has 1 aromatic rings. The zero-order valence-corrected chi connectivity index (χ0v) is 12.0. The van der Waals surface area contributed by atoms with E-state index in [0.717, 1.165) is 18.7 Å². The predicted molar refractivity (Wildman–Crippen MR) is 80.5 cm³/mol. The van der Waals surface area contributed by atoms with Crippen LogP contribution in [0.1, 0.15) is 44.6 Å². The lowest BCUT2D eigenvalue weighted by molar-refractivity contribution is -0.383. The maximum atomic E-state index is 10.8. The number of nitro benzene ring substituents is 1. The molecule has 5 nitrogen and oxygen atoms in total. The summed E-state index contributed by atoms with van der Waals surface area (Å²) in [6.45, 7) is 3.99. The summed E-state index contributed by atoms with van der Waals surface area (Å²) in [6.07, 6.45) is 6.48. The van der Waals surface area contributed by atoms with Crippen LogP contribution in [0.5, 0.6) is 0 Å². The standard InChI is InChI=1S/C15H23N3O2/c1-2-17(13-6-4-3-5-7-13)11-12-8-9-15(18(19)20)14(16)10-12/h8-10,13H,2-7,11,16H2,1H3. The first-order valence-corrected chi connectivity index (χ1v) is 7.38. The van der Waals surface area contributed by atoms with Gasteiger partial charge in [-0.3, -0.25) is 15.0 Å². The van der Waals surface area contributed by atoms with Gasteiger partial charge in [0.15, 0.2) is 0 Å². The van der Waals surface area contributed by atoms with E-state index in [0.29, 0.717) is 6.04 Å². The molecule has 0 aliphatic heterocycles. The Hall–Kier alpha value is -1.62. The average molecular weight is 277 g/mol. The van der Waals surface area contributed by atoms with Crippen molar-refractivity contribution in [1.82, 2.24) is 4.90 Å². The lowest BCUT2D eigenvalue weighted by atomic mass is 9.94. The Morgan fingerprint density at radius 1 is 1.35 bits per heavy atom. The maximum absolute atomic E-state index is 10.8. The second-order valence-corrected chi connectivity index (χ2v) is 5.51. The highest BCUT2D eigenvalue weighted by Gasteiger charge is 2.20. The van der Waals surface area contributed by atoms with Gasteiger partial charge in [-0.1, -0.05) is 32.3 Å². The summed E-state index contributed by atoms with van der Waals surface area (Å²) >= 11 is 0. The number of nitrogens with zero attached hydrogens (tertiary/aromatic N) is 2. The Morgan fingerprint density at radius 2 is 2.05 bits per heavy atom. The number of nitro groups is 1. The first-order chi connectivity index (χ1) is 9.61. The van der Waals surface area contributed by atoms with Crippen LogP contribution < -0.4 is 5.73 Å². The first kappa shape index (κ1) is 14.8. The number of hydrogen-bond donors (Lipinski definition) is 1. The third kappa shape index (κ3) is 3.48. The lowest BCUT2D eigenvalue weighted by Crippen LogP contribution is -2.36. The molecule has 2 N–H and O–H groups in total. The molecule has 0 aromatic heterocycles. The third-order valence-corrected chi connectivity index (χ3v) is 4.17. The molecular formula is C15H23N3O2. The molecule has 20 heavy (non-hydrogen) atoms. The van der Waals surface area contributed by atoms with Gasteiger partial charge in [0.25, 0.3) is 5.69 Å². The van der Waals surface area contributed by atoms with Gasteiger partial charge < -0.3 is 5.73 Å². The molecular weight excluding hydrogens is 254 g/mol. The number of benzene rings is 1. The summed E-state index contributed by atoms with van der Waals surface area (Å²) in [4.78, 5) is 12.8. The van der Waals surface area contributed by atoms with Gasteiger partial charge in [-0.2, -0.15) is 0 Å². The van der Waals surface area contributed by atoms with E-state index in [2.05, 4.69) is 11.8 Å². The van der Waals surface area contributed by atoms with E-state index >= 15 is 0 Å².